The van der Waals surface area contributed by atoms with Crippen LogP contribution in [0.3, 0.4) is 0 Å². The first kappa shape index (κ1) is 21.1. The van der Waals surface area contributed by atoms with Crippen molar-refractivity contribution in [2.45, 2.75) is 6.42 Å². The predicted molar refractivity (Wildman–Crippen MR) is 115 cm³/mol. The van der Waals surface area contributed by atoms with Gasteiger partial charge in [-0.15, -0.1) is 0 Å². The maximum absolute atomic E-state index is 9.27. The molecule has 162 valence electrons. The molecular weight excluding hydrogens is 417 g/mol. The van der Waals surface area contributed by atoms with Gasteiger partial charge >= 0.3 is 7.32 Å². The number of aromatic nitrogens is 4. The number of rotatable bonds is 3. The van der Waals surface area contributed by atoms with E-state index in [2.05, 4.69) is 15.3 Å². The molecule has 5 rings (SSSR count). The second-order valence-corrected chi connectivity index (χ2v) is 6.73. The Kier molecular flexibility index (Phi) is 5.88. The molecule has 1 aliphatic heterocycles. The molecule has 5 N–H and O–H groups in total. The largest absolute Gasteiger partial charge is 0.707 e. The second-order valence-electron chi connectivity index (χ2n) is 6.73. The molecule has 0 radical (unpaired) electrons. The molecule has 0 fully saturated rings. The molecule has 2 aromatic carbocycles. The van der Waals surface area contributed by atoms with E-state index in [1.165, 1.54) is 6.20 Å². The van der Waals surface area contributed by atoms with Crippen LogP contribution in [0.4, 0.5) is 5.69 Å². The number of benzene rings is 2. The highest BCUT2D eigenvalue weighted by Crippen LogP contribution is 2.40. The summed E-state index contributed by atoms with van der Waals surface area (Å²) in [4.78, 5) is 8.36. The molecule has 32 heavy (non-hydrogen) atoms. The van der Waals surface area contributed by atoms with Gasteiger partial charge in [-0.1, -0.05) is 6.07 Å². The van der Waals surface area contributed by atoms with E-state index in [9.17, 15) is 10.0 Å². The summed E-state index contributed by atoms with van der Waals surface area (Å²) in [6.45, 7) is 0.211. The van der Waals surface area contributed by atoms with Crippen LogP contribution < -0.4 is 15.1 Å². The monoisotopic (exact) mass is 435 g/mol. The summed E-state index contributed by atoms with van der Waals surface area (Å²) in [6.07, 6.45) is 3.93. The summed E-state index contributed by atoms with van der Waals surface area (Å²) in [5, 5.41) is 38.8. The Morgan fingerprint density at radius 1 is 1.22 bits per heavy atom. The minimum atomic E-state index is -1.95. The van der Waals surface area contributed by atoms with E-state index in [0.717, 1.165) is 27.9 Å². The molecule has 0 amide bonds. The minimum absolute atomic E-state index is 0.250. The van der Waals surface area contributed by atoms with Gasteiger partial charge in [-0.25, -0.2) is 4.68 Å². The second kappa shape index (κ2) is 8.92. The highest BCUT2D eigenvalue weighted by molar-refractivity contribution is 6.33. The number of nitrogens with two attached hydrogens (primary N) is 1. The van der Waals surface area contributed by atoms with Crippen molar-refractivity contribution >= 4 is 30.4 Å². The lowest BCUT2D eigenvalue weighted by Crippen LogP contribution is -2.20. The number of anilines is 1. The summed E-state index contributed by atoms with van der Waals surface area (Å²) in [5.41, 5.74) is 10.4. The minimum Gasteiger partial charge on any atom is -0.512 e. The Balaban J connectivity index is 0.000000775. The molecule has 0 saturated heterocycles. The molecule has 1 aliphatic rings. The maximum atomic E-state index is 9.27. The average Bonchev–Trinajstić information content (AvgIpc) is 3.14. The molecular formula is C20H18BN5O6. The number of nitrogen functional groups attached to an aromatic ring is 1. The van der Waals surface area contributed by atoms with E-state index in [1.807, 2.05) is 28.9 Å². The van der Waals surface area contributed by atoms with Crippen molar-refractivity contribution in [1.82, 2.24) is 20.0 Å². The SMILES string of the molecule is Nc1cnnc2cc(-c3cc(OB(O)O)cc4c3-n3nccc3CCO4)ccc12.O=CO. The Labute approximate surface area is 181 Å². The number of ether oxygens (including phenoxy) is 1. The van der Waals surface area contributed by atoms with Crippen molar-refractivity contribution in [3.05, 3.63) is 54.5 Å². The van der Waals surface area contributed by atoms with Crippen LogP contribution in [0.15, 0.2) is 48.8 Å². The van der Waals surface area contributed by atoms with E-state index in [1.54, 1.807) is 18.3 Å². The van der Waals surface area contributed by atoms with E-state index in [4.69, 9.17) is 25.0 Å². The maximum Gasteiger partial charge on any atom is 0.707 e. The van der Waals surface area contributed by atoms with Gasteiger partial charge in [0.2, 0.25) is 0 Å². The lowest BCUT2D eigenvalue weighted by Gasteiger charge is -2.17. The molecule has 4 aromatic rings. The summed E-state index contributed by atoms with van der Waals surface area (Å²) in [6, 6.07) is 10.9. The van der Waals surface area contributed by atoms with Crippen molar-refractivity contribution in [2.24, 2.45) is 0 Å². The van der Waals surface area contributed by atoms with Gasteiger partial charge in [0.15, 0.2) is 0 Å². The Morgan fingerprint density at radius 3 is 2.81 bits per heavy atom. The third kappa shape index (κ3) is 4.04. The molecule has 11 nitrogen and oxygen atoms in total. The number of hydrogen-bond acceptors (Lipinski definition) is 9. The van der Waals surface area contributed by atoms with Crippen LogP contribution in [-0.2, 0) is 11.2 Å². The van der Waals surface area contributed by atoms with Gasteiger partial charge in [0, 0.05) is 35.3 Å². The predicted octanol–water partition coefficient (Wildman–Crippen LogP) is 1.05. The first-order chi connectivity index (χ1) is 15.5. The van der Waals surface area contributed by atoms with Gasteiger partial charge in [0.1, 0.15) is 17.2 Å². The third-order valence-electron chi connectivity index (χ3n) is 4.82. The van der Waals surface area contributed by atoms with Crippen molar-refractivity contribution in [2.75, 3.05) is 12.3 Å². The summed E-state index contributed by atoms with van der Waals surface area (Å²) in [5.74, 6) is 0.780. The highest BCUT2D eigenvalue weighted by atomic mass is 16.6. The zero-order chi connectivity index (χ0) is 22.7. The first-order valence-electron chi connectivity index (χ1n) is 9.48. The van der Waals surface area contributed by atoms with Gasteiger partial charge in [-0.05, 0) is 29.8 Å². The van der Waals surface area contributed by atoms with E-state index >= 15 is 0 Å². The zero-order valence-corrected chi connectivity index (χ0v) is 16.6. The van der Waals surface area contributed by atoms with Crippen molar-refractivity contribution in [3.8, 4) is 28.3 Å². The number of carbonyl (C=O) groups is 1. The molecule has 3 heterocycles. The molecule has 0 atom stereocenters. The van der Waals surface area contributed by atoms with Gasteiger partial charge in [-0.3, -0.25) is 4.79 Å². The van der Waals surface area contributed by atoms with Crippen LogP contribution >= 0.6 is 0 Å². The lowest BCUT2D eigenvalue weighted by molar-refractivity contribution is -0.122. The Morgan fingerprint density at radius 2 is 2.03 bits per heavy atom. The van der Waals surface area contributed by atoms with E-state index in [0.29, 0.717) is 30.0 Å². The van der Waals surface area contributed by atoms with Crippen LogP contribution in [0.2, 0.25) is 0 Å². The molecule has 0 saturated carbocycles. The van der Waals surface area contributed by atoms with Gasteiger partial charge < -0.3 is 30.3 Å². The summed E-state index contributed by atoms with van der Waals surface area (Å²) < 4.78 is 12.9. The summed E-state index contributed by atoms with van der Waals surface area (Å²) >= 11 is 0. The molecule has 0 unspecified atom stereocenters. The lowest BCUT2D eigenvalue weighted by atomic mass is 10.00. The fourth-order valence-corrected chi connectivity index (χ4v) is 3.56. The molecule has 0 spiro atoms. The van der Waals surface area contributed by atoms with E-state index < -0.39 is 7.32 Å². The topological polar surface area (TPSA) is 166 Å². The fraction of sp³-hybridized carbons (Fsp3) is 0.100. The van der Waals surface area contributed by atoms with Crippen LogP contribution in [-0.4, -0.2) is 55.5 Å². The average molecular weight is 435 g/mol. The molecule has 0 bridgehead atoms. The summed E-state index contributed by atoms with van der Waals surface area (Å²) in [7, 11) is -1.95. The van der Waals surface area contributed by atoms with Gasteiger partial charge in [0.25, 0.3) is 6.47 Å². The Hall–Kier alpha value is -4.16. The quantitative estimate of drug-likeness (QED) is 0.270. The molecule has 12 heteroatoms. The number of nitrogens with zero attached hydrogens (tertiary/aromatic N) is 4. The van der Waals surface area contributed by atoms with Crippen molar-refractivity contribution in [1.29, 1.82) is 0 Å². The Bertz CT molecular complexity index is 1280. The van der Waals surface area contributed by atoms with Crippen LogP contribution in [0.25, 0.3) is 27.7 Å². The zero-order valence-electron chi connectivity index (χ0n) is 16.6. The van der Waals surface area contributed by atoms with Gasteiger partial charge in [0.05, 0.1) is 24.0 Å². The normalized spacial score (nSPS) is 11.8. The smallest absolute Gasteiger partial charge is 0.512 e. The molecule has 0 aliphatic carbocycles. The number of carboxylic acid groups (broad SMARTS) is 1. The van der Waals surface area contributed by atoms with Crippen molar-refractivity contribution < 1.29 is 29.3 Å². The standard InChI is InChI=1S/C19H16BN5O4.CH2O2/c21-16-10-22-24-17-7-11(1-2-14(16)17)15-8-13(29-20(26)27)9-18-19(15)25-12(3-5-23-25)4-6-28-18;2-1-3/h1-3,5,7-10,26-27H,4,6H2,(H2,21,24);1H,(H,2,3). The number of hydrogen-bond donors (Lipinski definition) is 4. The number of fused-ring (bicyclic) bond motifs is 4. The third-order valence-corrected chi connectivity index (χ3v) is 4.82. The first-order valence-corrected chi connectivity index (χ1v) is 9.48. The van der Waals surface area contributed by atoms with Crippen molar-refractivity contribution in [3.63, 3.8) is 0 Å². The van der Waals surface area contributed by atoms with Gasteiger partial charge in [-0.2, -0.15) is 15.3 Å². The highest BCUT2D eigenvalue weighted by Gasteiger charge is 2.23. The fourth-order valence-electron chi connectivity index (χ4n) is 3.56. The van der Waals surface area contributed by atoms with Crippen LogP contribution in [0, 0.1) is 0 Å². The van der Waals surface area contributed by atoms with E-state index in [-0.39, 0.29) is 12.2 Å². The van der Waals surface area contributed by atoms with Crippen LogP contribution in [0.5, 0.6) is 11.5 Å². The molecule has 2 aromatic heterocycles. The van der Waals surface area contributed by atoms with Crippen LogP contribution in [0.1, 0.15) is 5.69 Å².